The lowest BCUT2D eigenvalue weighted by molar-refractivity contribution is 0.147. The Morgan fingerprint density at radius 3 is 2.78 bits per heavy atom. The van der Waals surface area contributed by atoms with Gasteiger partial charge in [0.15, 0.2) is 5.84 Å². The molecule has 0 saturated heterocycles. The third kappa shape index (κ3) is 5.82. The van der Waals surface area contributed by atoms with Crippen molar-refractivity contribution in [3.8, 4) is 5.75 Å². The van der Waals surface area contributed by atoms with E-state index in [0.29, 0.717) is 5.75 Å². The summed E-state index contributed by atoms with van der Waals surface area (Å²) < 4.78 is 5.48. The van der Waals surface area contributed by atoms with Crippen LogP contribution >= 0.6 is 11.8 Å². The third-order valence-electron chi connectivity index (χ3n) is 2.73. The minimum absolute atomic E-state index is 0.0312. The number of carbonyl (C=O) groups is 1. The number of rotatable bonds is 6. The second-order valence-electron chi connectivity index (χ2n) is 5.11. The van der Waals surface area contributed by atoms with Crippen LogP contribution in [0.2, 0.25) is 0 Å². The van der Waals surface area contributed by atoms with Crippen molar-refractivity contribution in [1.82, 2.24) is 5.32 Å². The topological polar surface area (TPSA) is 98.3 Å². The molecule has 2 rings (SSSR count). The van der Waals surface area contributed by atoms with Crippen molar-refractivity contribution in [3.05, 3.63) is 29.8 Å². The number of thioether (sulfide) groups is 1. The average Bonchev–Trinajstić information content (AvgIpc) is 3.05. The van der Waals surface area contributed by atoms with E-state index in [1.165, 1.54) is 0 Å². The van der Waals surface area contributed by atoms with Gasteiger partial charge in [-0.15, -0.1) is 11.8 Å². The summed E-state index contributed by atoms with van der Waals surface area (Å²) in [6.07, 6.45) is -0.651. The van der Waals surface area contributed by atoms with Gasteiger partial charge in [-0.25, -0.2) is 4.79 Å². The molecule has 0 bridgehead atoms. The van der Waals surface area contributed by atoms with Crippen molar-refractivity contribution < 1.29 is 14.4 Å². The van der Waals surface area contributed by atoms with Gasteiger partial charge in [0, 0.05) is 23.9 Å². The number of benzene rings is 1. The van der Waals surface area contributed by atoms with Crippen LogP contribution in [0.3, 0.4) is 0 Å². The van der Waals surface area contributed by atoms with Gasteiger partial charge in [0.05, 0.1) is 5.04 Å². The van der Waals surface area contributed by atoms with Gasteiger partial charge in [-0.2, -0.15) is 0 Å². The first-order chi connectivity index (χ1) is 11.0. The molecule has 0 saturated carbocycles. The van der Waals surface area contributed by atoms with E-state index < -0.39 is 6.09 Å². The second kappa shape index (κ2) is 8.42. The van der Waals surface area contributed by atoms with E-state index in [-0.39, 0.29) is 18.5 Å². The van der Waals surface area contributed by atoms with Gasteiger partial charge in [0.1, 0.15) is 12.4 Å². The number of amides is 1. The van der Waals surface area contributed by atoms with E-state index in [0.717, 1.165) is 22.9 Å². The Bertz CT molecular complexity index is 599. The Hall–Kier alpha value is -2.22. The van der Waals surface area contributed by atoms with Crippen LogP contribution in [-0.4, -0.2) is 41.9 Å². The van der Waals surface area contributed by atoms with E-state index in [1.807, 2.05) is 38.1 Å². The first kappa shape index (κ1) is 17.1. The highest BCUT2D eigenvalue weighted by Crippen LogP contribution is 2.21. The summed E-state index contributed by atoms with van der Waals surface area (Å²) in [5.74, 6) is 1.76. The smallest absolute Gasteiger partial charge is 0.433 e. The van der Waals surface area contributed by atoms with Gasteiger partial charge in [-0.05, 0) is 38.1 Å². The maximum absolute atomic E-state index is 11.2. The Labute approximate surface area is 139 Å². The summed E-state index contributed by atoms with van der Waals surface area (Å²) in [5.41, 5.74) is 6.71. The van der Waals surface area contributed by atoms with Crippen LogP contribution in [0.5, 0.6) is 5.75 Å². The second-order valence-corrected chi connectivity index (χ2v) is 6.19. The SMILES string of the molecule is CC(C)NC(=O)ON=C(N)COc1ccc(C2=NCCS2)cc1. The summed E-state index contributed by atoms with van der Waals surface area (Å²) in [7, 11) is 0. The molecular weight excluding hydrogens is 316 g/mol. The molecule has 0 spiro atoms. The highest BCUT2D eigenvalue weighted by atomic mass is 32.2. The van der Waals surface area contributed by atoms with E-state index in [2.05, 4.69) is 20.3 Å². The number of hydrogen-bond acceptors (Lipinski definition) is 6. The molecule has 1 amide bonds. The zero-order chi connectivity index (χ0) is 16.7. The number of nitrogens with two attached hydrogens (primary N) is 1. The molecule has 0 aliphatic carbocycles. The van der Waals surface area contributed by atoms with Crippen molar-refractivity contribution >= 4 is 28.7 Å². The lowest BCUT2D eigenvalue weighted by atomic mass is 10.2. The summed E-state index contributed by atoms with van der Waals surface area (Å²) >= 11 is 1.75. The number of aliphatic imine (C=N–C) groups is 1. The largest absolute Gasteiger partial charge is 0.486 e. The summed E-state index contributed by atoms with van der Waals surface area (Å²) in [6, 6.07) is 7.56. The summed E-state index contributed by atoms with van der Waals surface area (Å²) in [5, 5.41) is 7.09. The number of hydrogen-bond donors (Lipinski definition) is 2. The molecular formula is C15H20N4O3S. The Morgan fingerprint density at radius 2 is 2.17 bits per heavy atom. The maximum atomic E-state index is 11.2. The van der Waals surface area contributed by atoms with E-state index >= 15 is 0 Å². The van der Waals surface area contributed by atoms with Gasteiger partial charge >= 0.3 is 6.09 Å². The van der Waals surface area contributed by atoms with Crippen LogP contribution in [0.15, 0.2) is 34.4 Å². The molecule has 1 aliphatic rings. The summed E-state index contributed by atoms with van der Waals surface area (Å²) in [6.45, 7) is 4.53. The molecule has 0 aromatic heterocycles. The third-order valence-corrected chi connectivity index (χ3v) is 3.75. The van der Waals surface area contributed by atoms with Crippen LogP contribution in [0.25, 0.3) is 0 Å². The lowest BCUT2D eigenvalue weighted by Crippen LogP contribution is -2.30. The predicted octanol–water partition coefficient (Wildman–Crippen LogP) is 1.97. The monoisotopic (exact) mass is 336 g/mol. The van der Waals surface area contributed by atoms with Gasteiger partial charge in [-0.3, -0.25) is 9.83 Å². The van der Waals surface area contributed by atoms with Gasteiger partial charge in [0.2, 0.25) is 0 Å². The van der Waals surface area contributed by atoms with E-state index in [4.69, 9.17) is 10.5 Å². The van der Waals surface area contributed by atoms with Crippen LogP contribution in [0, 0.1) is 0 Å². The fourth-order valence-electron chi connectivity index (χ4n) is 1.75. The van der Waals surface area contributed by atoms with Crippen LogP contribution in [0.1, 0.15) is 19.4 Å². The highest BCUT2D eigenvalue weighted by molar-refractivity contribution is 8.14. The first-order valence-corrected chi connectivity index (χ1v) is 8.23. The number of oxime groups is 1. The van der Waals surface area contributed by atoms with Gasteiger partial charge in [0.25, 0.3) is 0 Å². The van der Waals surface area contributed by atoms with Crippen LogP contribution in [-0.2, 0) is 4.84 Å². The predicted molar refractivity (Wildman–Crippen MR) is 92.2 cm³/mol. The summed E-state index contributed by atoms with van der Waals surface area (Å²) in [4.78, 5) is 20.3. The van der Waals surface area contributed by atoms with Gasteiger partial charge in [-0.1, -0.05) is 5.16 Å². The lowest BCUT2D eigenvalue weighted by Gasteiger charge is -2.07. The van der Waals surface area contributed by atoms with Crippen molar-refractivity contribution in [2.75, 3.05) is 18.9 Å². The molecule has 0 radical (unpaired) electrons. The molecule has 8 heteroatoms. The van der Waals surface area contributed by atoms with Crippen LogP contribution < -0.4 is 15.8 Å². The zero-order valence-corrected chi connectivity index (χ0v) is 13.9. The fraction of sp³-hybridized carbons (Fsp3) is 0.400. The van der Waals surface area contributed by atoms with Gasteiger partial charge < -0.3 is 15.8 Å². The Kier molecular flexibility index (Phi) is 6.28. The number of ether oxygens (including phenoxy) is 1. The number of nitrogens with zero attached hydrogens (tertiary/aromatic N) is 2. The van der Waals surface area contributed by atoms with E-state index in [9.17, 15) is 4.79 Å². The molecule has 124 valence electrons. The van der Waals surface area contributed by atoms with Crippen molar-refractivity contribution in [2.24, 2.45) is 15.9 Å². The number of amidine groups is 1. The minimum Gasteiger partial charge on any atom is -0.486 e. The fourth-order valence-corrected chi connectivity index (χ4v) is 2.61. The Morgan fingerprint density at radius 1 is 1.43 bits per heavy atom. The maximum Gasteiger partial charge on any atom is 0.433 e. The van der Waals surface area contributed by atoms with Crippen molar-refractivity contribution in [2.45, 2.75) is 19.9 Å². The molecule has 3 N–H and O–H groups in total. The van der Waals surface area contributed by atoms with E-state index in [1.54, 1.807) is 11.8 Å². The molecule has 7 nitrogen and oxygen atoms in total. The minimum atomic E-state index is -0.651. The van der Waals surface area contributed by atoms with Crippen molar-refractivity contribution in [1.29, 1.82) is 0 Å². The molecule has 1 aliphatic heterocycles. The number of carbonyl (C=O) groups excluding carboxylic acids is 1. The first-order valence-electron chi connectivity index (χ1n) is 7.25. The average molecular weight is 336 g/mol. The standard InChI is InChI=1S/C15H20N4O3S/c1-10(2)18-15(20)22-19-13(16)9-21-12-5-3-11(4-6-12)14-17-7-8-23-14/h3-6,10H,7-9H2,1-2H3,(H2,16,19)(H,18,20). The molecule has 23 heavy (non-hydrogen) atoms. The molecule has 1 aromatic carbocycles. The molecule has 0 atom stereocenters. The highest BCUT2D eigenvalue weighted by Gasteiger charge is 2.09. The molecule has 1 heterocycles. The van der Waals surface area contributed by atoms with Crippen molar-refractivity contribution in [3.63, 3.8) is 0 Å². The molecule has 0 unspecified atom stereocenters. The number of nitrogens with one attached hydrogen (secondary N) is 1. The zero-order valence-electron chi connectivity index (χ0n) is 13.1. The quantitative estimate of drug-likeness (QED) is 0.358. The van der Waals surface area contributed by atoms with Crippen LogP contribution in [0.4, 0.5) is 4.79 Å². The molecule has 0 fully saturated rings. The normalized spacial score (nSPS) is 14.6. The Balaban J connectivity index is 1.79. The molecule has 1 aromatic rings.